The Balaban J connectivity index is 2.03. The smallest absolute Gasteiger partial charge is 0.303 e. The largest absolute Gasteiger partial charge is 0.481 e. The number of thioether (sulfide) groups is 1. The van der Waals surface area contributed by atoms with Crippen LogP contribution in [0.25, 0.3) is 0 Å². The number of piperidine rings is 1. The molecule has 1 fully saturated rings. The standard InChI is InChI=1S/C13H25NO2S/c1-17-11-3-2-8-14-9-6-12(7-10-14)4-5-13(15)16/h12H,2-11H2,1H3,(H,15,16). The van der Waals surface area contributed by atoms with Crippen LogP contribution in [0.15, 0.2) is 0 Å². The lowest BCUT2D eigenvalue weighted by atomic mass is 9.92. The Bertz CT molecular complexity index is 215. The van der Waals surface area contributed by atoms with Crippen molar-refractivity contribution in [2.75, 3.05) is 31.6 Å². The van der Waals surface area contributed by atoms with Crippen molar-refractivity contribution in [2.45, 2.75) is 38.5 Å². The van der Waals surface area contributed by atoms with Crippen LogP contribution in [0.5, 0.6) is 0 Å². The maximum Gasteiger partial charge on any atom is 0.303 e. The Labute approximate surface area is 109 Å². The molecule has 100 valence electrons. The van der Waals surface area contributed by atoms with E-state index >= 15 is 0 Å². The summed E-state index contributed by atoms with van der Waals surface area (Å²) in [4.78, 5) is 13.0. The van der Waals surface area contributed by atoms with E-state index in [1.165, 1.54) is 51.1 Å². The third kappa shape index (κ3) is 6.94. The average molecular weight is 259 g/mol. The molecule has 0 radical (unpaired) electrons. The number of carboxylic acid groups (broad SMARTS) is 1. The van der Waals surface area contributed by atoms with E-state index in [2.05, 4.69) is 11.2 Å². The molecule has 0 unspecified atom stereocenters. The number of likely N-dealkylation sites (tertiary alicyclic amines) is 1. The molecule has 0 amide bonds. The van der Waals surface area contributed by atoms with Crippen molar-refractivity contribution in [3.05, 3.63) is 0 Å². The molecule has 1 aliphatic heterocycles. The summed E-state index contributed by atoms with van der Waals surface area (Å²) in [6.07, 6.45) is 8.38. The van der Waals surface area contributed by atoms with E-state index in [-0.39, 0.29) is 0 Å². The van der Waals surface area contributed by atoms with Gasteiger partial charge in [0, 0.05) is 6.42 Å². The zero-order valence-corrected chi connectivity index (χ0v) is 11.7. The zero-order chi connectivity index (χ0) is 12.5. The van der Waals surface area contributed by atoms with Gasteiger partial charge in [-0.05, 0) is 69.7 Å². The summed E-state index contributed by atoms with van der Waals surface area (Å²) in [5.74, 6) is 1.27. The molecule has 1 saturated heterocycles. The molecule has 1 aliphatic rings. The third-order valence-electron chi connectivity index (χ3n) is 3.55. The van der Waals surface area contributed by atoms with E-state index in [0.717, 1.165) is 6.42 Å². The minimum absolute atomic E-state index is 0.346. The number of rotatable bonds is 8. The van der Waals surface area contributed by atoms with Gasteiger partial charge in [-0.2, -0.15) is 11.8 Å². The zero-order valence-electron chi connectivity index (χ0n) is 10.9. The van der Waals surface area contributed by atoms with Crippen molar-refractivity contribution >= 4 is 17.7 Å². The SMILES string of the molecule is CSCCCCN1CCC(CCC(=O)O)CC1. The minimum atomic E-state index is -0.649. The van der Waals surface area contributed by atoms with Crippen LogP contribution in [0.3, 0.4) is 0 Å². The molecule has 0 aliphatic carbocycles. The van der Waals surface area contributed by atoms with E-state index in [4.69, 9.17) is 5.11 Å². The summed E-state index contributed by atoms with van der Waals surface area (Å²) < 4.78 is 0. The van der Waals surface area contributed by atoms with Crippen LogP contribution in [-0.2, 0) is 4.79 Å². The quantitative estimate of drug-likeness (QED) is 0.680. The van der Waals surface area contributed by atoms with Gasteiger partial charge in [-0.3, -0.25) is 4.79 Å². The number of nitrogens with zero attached hydrogens (tertiary/aromatic N) is 1. The molecular formula is C13H25NO2S. The highest BCUT2D eigenvalue weighted by molar-refractivity contribution is 7.98. The topological polar surface area (TPSA) is 40.5 Å². The van der Waals surface area contributed by atoms with Crippen LogP contribution in [-0.4, -0.2) is 47.6 Å². The Morgan fingerprint density at radius 3 is 2.65 bits per heavy atom. The molecule has 3 nitrogen and oxygen atoms in total. The molecule has 4 heteroatoms. The third-order valence-corrected chi connectivity index (χ3v) is 4.24. The van der Waals surface area contributed by atoms with Crippen molar-refractivity contribution in [2.24, 2.45) is 5.92 Å². The highest BCUT2D eigenvalue weighted by atomic mass is 32.2. The van der Waals surface area contributed by atoms with Crippen LogP contribution in [0.1, 0.15) is 38.5 Å². The van der Waals surface area contributed by atoms with Crippen molar-refractivity contribution in [1.29, 1.82) is 0 Å². The Morgan fingerprint density at radius 1 is 1.35 bits per heavy atom. The first-order valence-corrected chi connectivity index (χ1v) is 8.05. The summed E-state index contributed by atoms with van der Waals surface area (Å²) >= 11 is 1.92. The van der Waals surface area contributed by atoms with Gasteiger partial charge in [-0.1, -0.05) is 0 Å². The van der Waals surface area contributed by atoms with Crippen LogP contribution in [0.2, 0.25) is 0 Å². The summed E-state index contributed by atoms with van der Waals surface area (Å²) in [7, 11) is 0. The van der Waals surface area contributed by atoms with E-state index in [9.17, 15) is 4.79 Å². The molecule has 0 aromatic heterocycles. The van der Waals surface area contributed by atoms with E-state index in [1.54, 1.807) is 0 Å². The molecule has 0 aromatic carbocycles. The maximum atomic E-state index is 10.5. The number of hydrogen-bond donors (Lipinski definition) is 1. The second-order valence-electron chi connectivity index (χ2n) is 4.92. The Kier molecular flexibility index (Phi) is 7.69. The van der Waals surface area contributed by atoms with Crippen molar-refractivity contribution in [1.82, 2.24) is 4.90 Å². The second-order valence-corrected chi connectivity index (χ2v) is 5.90. The van der Waals surface area contributed by atoms with Crippen LogP contribution in [0.4, 0.5) is 0 Å². The van der Waals surface area contributed by atoms with Crippen molar-refractivity contribution in [3.8, 4) is 0 Å². The lowest BCUT2D eigenvalue weighted by molar-refractivity contribution is -0.137. The van der Waals surface area contributed by atoms with Crippen LogP contribution in [0, 0.1) is 5.92 Å². The number of hydrogen-bond acceptors (Lipinski definition) is 3. The van der Waals surface area contributed by atoms with Gasteiger partial charge in [-0.15, -0.1) is 0 Å². The van der Waals surface area contributed by atoms with Crippen LogP contribution >= 0.6 is 11.8 Å². The monoisotopic (exact) mass is 259 g/mol. The lowest BCUT2D eigenvalue weighted by Gasteiger charge is -2.31. The summed E-state index contributed by atoms with van der Waals surface area (Å²) in [6.45, 7) is 3.57. The summed E-state index contributed by atoms with van der Waals surface area (Å²) in [6, 6.07) is 0. The highest BCUT2D eigenvalue weighted by Gasteiger charge is 2.19. The van der Waals surface area contributed by atoms with Crippen LogP contribution < -0.4 is 0 Å². The van der Waals surface area contributed by atoms with Gasteiger partial charge < -0.3 is 10.0 Å². The number of unbranched alkanes of at least 4 members (excludes halogenated alkanes) is 1. The molecule has 0 saturated carbocycles. The van der Waals surface area contributed by atoms with E-state index < -0.39 is 5.97 Å². The molecule has 0 spiro atoms. The average Bonchev–Trinajstić information content (AvgIpc) is 2.33. The maximum absolute atomic E-state index is 10.5. The molecular weight excluding hydrogens is 234 g/mol. The number of carbonyl (C=O) groups is 1. The summed E-state index contributed by atoms with van der Waals surface area (Å²) in [5.41, 5.74) is 0. The predicted octanol–water partition coefficient (Wildman–Crippen LogP) is 2.71. The molecule has 0 bridgehead atoms. The van der Waals surface area contributed by atoms with Gasteiger partial charge in [0.1, 0.15) is 0 Å². The van der Waals surface area contributed by atoms with Gasteiger partial charge in [-0.25, -0.2) is 0 Å². The van der Waals surface area contributed by atoms with Crippen molar-refractivity contribution < 1.29 is 9.90 Å². The van der Waals surface area contributed by atoms with Gasteiger partial charge in [0.15, 0.2) is 0 Å². The van der Waals surface area contributed by atoms with Crippen molar-refractivity contribution in [3.63, 3.8) is 0 Å². The number of carboxylic acids is 1. The predicted molar refractivity (Wildman–Crippen MR) is 73.6 cm³/mol. The number of aliphatic carboxylic acids is 1. The molecule has 0 aromatic rings. The van der Waals surface area contributed by atoms with E-state index in [1.807, 2.05) is 11.8 Å². The molecule has 0 atom stereocenters. The molecule has 1 rings (SSSR count). The first-order chi connectivity index (χ1) is 8.22. The fourth-order valence-electron chi connectivity index (χ4n) is 2.41. The van der Waals surface area contributed by atoms with Gasteiger partial charge in [0.2, 0.25) is 0 Å². The Hall–Kier alpha value is -0.220. The second kappa shape index (κ2) is 8.81. The first-order valence-electron chi connectivity index (χ1n) is 6.65. The molecule has 17 heavy (non-hydrogen) atoms. The first kappa shape index (κ1) is 14.8. The van der Waals surface area contributed by atoms with Gasteiger partial charge in [0.05, 0.1) is 0 Å². The normalized spacial score (nSPS) is 18.4. The van der Waals surface area contributed by atoms with E-state index in [0.29, 0.717) is 12.3 Å². The fraction of sp³-hybridized carbons (Fsp3) is 0.923. The lowest BCUT2D eigenvalue weighted by Crippen LogP contribution is -2.34. The minimum Gasteiger partial charge on any atom is -0.481 e. The highest BCUT2D eigenvalue weighted by Crippen LogP contribution is 2.22. The van der Waals surface area contributed by atoms with Gasteiger partial charge >= 0.3 is 5.97 Å². The molecule has 1 N–H and O–H groups in total. The summed E-state index contributed by atoms with van der Waals surface area (Å²) in [5, 5.41) is 8.65. The Morgan fingerprint density at radius 2 is 2.06 bits per heavy atom. The molecule has 1 heterocycles. The fourth-order valence-corrected chi connectivity index (χ4v) is 2.90. The van der Waals surface area contributed by atoms with Gasteiger partial charge in [0.25, 0.3) is 0 Å².